The molecule has 0 spiro atoms. The number of carboxylic acids is 1. The summed E-state index contributed by atoms with van der Waals surface area (Å²) >= 11 is 0. The number of hydrogen-bond donors (Lipinski definition) is 1. The van der Waals surface area contributed by atoms with Gasteiger partial charge in [-0.25, -0.2) is 0 Å². The van der Waals surface area contributed by atoms with E-state index in [4.69, 9.17) is 4.74 Å². The van der Waals surface area contributed by atoms with Crippen molar-refractivity contribution in [1.29, 1.82) is 0 Å². The number of rotatable bonds is 7. The molecule has 2 heterocycles. The van der Waals surface area contributed by atoms with Gasteiger partial charge in [0.05, 0.1) is 5.92 Å². The summed E-state index contributed by atoms with van der Waals surface area (Å²) in [5.74, 6) is -0.856. The first-order chi connectivity index (χ1) is 13.6. The van der Waals surface area contributed by atoms with Crippen molar-refractivity contribution in [3.63, 3.8) is 0 Å². The fourth-order valence-electron chi connectivity index (χ4n) is 4.19. The Morgan fingerprint density at radius 2 is 1.93 bits per heavy atom. The summed E-state index contributed by atoms with van der Waals surface area (Å²) in [7, 11) is 0. The second-order valence-electron chi connectivity index (χ2n) is 7.67. The highest BCUT2D eigenvalue weighted by Crippen LogP contribution is 2.31. The first-order valence-electron chi connectivity index (χ1n) is 9.98. The zero-order valence-corrected chi connectivity index (χ0v) is 16.0. The molecule has 2 saturated heterocycles. The Labute approximate surface area is 164 Å². The summed E-state index contributed by atoms with van der Waals surface area (Å²) in [4.78, 5) is 27.7. The van der Waals surface area contributed by atoms with Crippen LogP contribution < -0.4 is 4.74 Å². The number of likely N-dealkylation sites (tertiary alicyclic amines) is 2. The lowest BCUT2D eigenvalue weighted by molar-refractivity contribution is -0.141. The number of carboxylic acid groups (broad SMARTS) is 1. The van der Waals surface area contributed by atoms with Crippen LogP contribution in [0.2, 0.25) is 0 Å². The van der Waals surface area contributed by atoms with Crippen molar-refractivity contribution >= 4 is 22.6 Å². The van der Waals surface area contributed by atoms with E-state index in [0.717, 1.165) is 41.7 Å². The van der Waals surface area contributed by atoms with Gasteiger partial charge < -0.3 is 14.7 Å². The molecule has 1 N–H and O–H groups in total. The summed E-state index contributed by atoms with van der Waals surface area (Å²) in [5, 5.41) is 11.4. The van der Waals surface area contributed by atoms with E-state index in [1.54, 1.807) is 4.90 Å². The normalized spacial score (nSPS) is 20.2. The Kier molecular flexibility index (Phi) is 5.48. The number of ether oxygens (including phenoxy) is 1. The molecule has 0 bridgehead atoms. The largest absolute Gasteiger partial charge is 0.492 e. The molecule has 2 aliphatic rings. The van der Waals surface area contributed by atoms with Crippen LogP contribution in [-0.4, -0.2) is 59.6 Å². The van der Waals surface area contributed by atoms with Gasteiger partial charge in [-0.15, -0.1) is 0 Å². The number of carbonyl (C=O) groups is 2. The smallest absolute Gasteiger partial charge is 0.308 e. The summed E-state index contributed by atoms with van der Waals surface area (Å²) in [5.41, 5.74) is 0.957. The molecule has 2 fully saturated rings. The van der Waals surface area contributed by atoms with E-state index in [-0.39, 0.29) is 18.9 Å². The molecular formula is C22H26N2O4. The SMILES string of the molecule is O=C(O)C1CC(=O)N(Cc2c(OCCN3CCCC3)ccc3ccccc23)C1. The zero-order chi connectivity index (χ0) is 19.5. The number of nitrogens with zero attached hydrogens (tertiary/aromatic N) is 2. The second-order valence-corrected chi connectivity index (χ2v) is 7.67. The van der Waals surface area contributed by atoms with Gasteiger partial charge in [0, 0.05) is 31.6 Å². The Hall–Kier alpha value is -2.60. The van der Waals surface area contributed by atoms with Gasteiger partial charge in [0.25, 0.3) is 0 Å². The molecule has 4 rings (SSSR count). The van der Waals surface area contributed by atoms with E-state index < -0.39 is 11.9 Å². The van der Waals surface area contributed by atoms with Crippen molar-refractivity contribution in [3.8, 4) is 5.75 Å². The van der Waals surface area contributed by atoms with E-state index in [2.05, 4.69) is 4.90 Å². The Morgan fingerprint density at radius 3 is 2.68 bits per heavy atom. The van der Waals surface area contributed by atoms with Gasteiger partial charge in [-0.05, 0) is 42.8 Å². The monoisotopic (exact) mass is 382 g/mol. The van der Waals surface area contributed by atoms with Crippen LogP contribution in [-0.2, 0) is 16.1 Å². The molecule has 1 unspecified atom stereocenters. The molecule has 1 atom stereocenters. The van der Waals surface area contributed by atoms with Crippen LogP contribution in [0, 0.1) is 5.92 Å². The van der Waals surface area contributed by atoms with Gasteiger partial charge in [0.15, 0.2) is 0 Å². The minimum atomic E-state index is -0.907. The van der Waals surface area contributed by atoms with Gasteiger partial charge in [0.1, 0.15) is 12.4 Å². The van der Waals surface area contributed by atoms with Gasteiger partial charge >= 0.3 is 5.97 Å². The Morgan fingerprint density at radius 1 is 1.14 bits per heavy atom. The Bertz CT molecular complexity index is 876. The van der Waals surface area contributed by atoms with Crippen LogP contribution in [0.25, 0.3) is 10.8 Å². The predicted octanol–water partition coefficient (Wildman–Crippen LogP) is 2.75. The van der Waals surface area contributed by atoms with E-state index in [1.807, 2.05) is 36.4 Å². The van der Waals surface area contributed by atoms with E-state index >= 15 is 0 Å². The number of benzene rings is 2. The summed E-state index contributed by atoms with van der Waals surface area (Å²) in [6, 6.07) is 12.0. The van der Waals surface area contributed by atoms with Crippen molar-refractivity contribution in [2.75, 3.05) is 32.8 Å². The molecule has 28 heavy (non-hydrogen) atoms. The molecular weight excluding hydrogens is 356 g/mol. The van der Waals surface area contributed by atoms with Crippen LogP contribution in [0.3, 0.4) is 0 Å². The lowest BCUT2D eigenvalue weighted by Gasteiger charge is -2.21. The lowest BCUT2D eigenvalue weighted by Crippen LogP contribution is -2.27. The van der Waals surface area contributed by atoms with E-state index in [1.165, 1.54) is 12.8 Å². The standard InChI is InChI=1S/C22H26N2O4/c25-21-13-17(22(26)27)14-24(21)15-19-18-6-2-1-5-16(18)7-8-20(19)28-12-11-23-9-3-4-10-23/h1-2,5-8,17H,3-4,9-15H2,(H,26,27). The van der Waals surface area contributed by atoms with Crippen LogP contribution in [0.15, 0.2) is 36.4 Å². The predicted molar refractivity (Wildman–Crippen MR) is 106 cm³/mol. The van der Waals surface area contributed by atoms with Crippen molar-refractivity contribution < 1.29 is 19.4 Å². The molecule has 2 aliphatic heterocycles. The molecule has 1 amide bonds. The first-order valence-corrected chi connectivity index (χ1v) is 9.98. The number of amides is 1. The number of fused-ring (bicyclic) bond motifs is 1. The van der Waals surface area contributed by atoms with Crippen molar-refractivity contribution in [2.45, 2.75) is 25.8 Å². The fraction of sp³-hybridized carbons (Fsp3) is 0.455. The molecule has 0 saturated carbocycles. The van der Waals surface area contributed by atoms with Crippen molar-refractivity contribution in [2.24, 2.45) is 5.92 Å². The molecule has 0 aromatic heterocycles. The molecule has 6 heteroatoms. The second kappa shape index (κ2) is 8.19. The molecule has 0 aliphatic carbocycles. The third-order valence-electron chi connectivity index (χ3n) is 5.77. The first kappa shape index (κ1) is 18.7. The van der Waals surface area contributed by atoms with Crippen LogP contribution in [0.4, 0.5) is 0 Å². The molecule has 2 aromatic rings. The highest BCUT2D eigenvalue weighted by Gasteiger charge is 2.34. The third-order valence-corrected chi connectivity index (χ3v) is 5.77. The van der Waals surface area contributed by atoms with Crippen LogP contribution in [0.1, 0.15) is 24.8 Å². The molecule has 6 nitrogen and oxygen atoms in total. The number of aliphatic carboxylic acids is 1. The lowest BCUT2D eigenvalue weighted by atomic mass is 10.0. The van der Waals surface area contributed by atoms with E-state index in [0.29, 0.717) is 13.2 Å². The van der Waals surface area contributed by atoms with Crippen molar-refractivity contribution in [3.05, 3.63) is 42.0 Å². The Balaban J connectivity index is 1.55. The average molecular weight is 382 g/mol. The quantitative estimate of drug-likeness (QED) is 0.797. The number of carbonyl (C=O) groups excluding carboxylic acids is 1. The van der Waals surface area contributed by atoms with Gasteiger partial charge in [0.2, 0.25) is 5.91 Å². The highest BCUT2D eigenvalue weighted by molar-refractivity contribution is 5.89. The van der Waals surface area contributed by atoms with Gasteiger partial charge in [-0.1, -0.05) is 30.3 Å². The molecule has 148 valence electrons. The minimum Gasteiger partial charge on any atom is -0.492 e. The maximum Gasteiger partial charge on any atom is 0.308 e. The third kappa shape index (κ3) is 3.97. The fourth-order valence-corrected chi connectivity index (χ4v) is 4.19. The maximum absolute atomic E-state index is 12.3. The minimum absolute atomic E-state index is 0.0747. The van der Waals surface area contributed by atoms with Crippen LogP contribution >= 0.6 is 0 Å². The van der Waals surface area contributed by atoms with Gasteiger partial charge in [-0.2, -0.15) is 0 Å². The zero-order valence-electron chi connectivity index (χ0n) is 16.0. The summed E-state index contributed by atoms with van der Waals surface area (Å²) in [6.45, 7) is 4.40. The molecule has 2 aromatic carbocycles. The molecule has 0 radical (unpaired) electrons. The summed E-state index contributed by atoms with van der Waals surface area (Å²) in [6.07, 6.45) is 2.58. The van der Waals surface area contributed by atoms with Crippen molar-refractivity contribution in [1.82, 2.24) is 9.80 Å². The topological polar surface area (TPSA) is 70.1 Å². The van der Waals surface area contributed by atoms with Crippen LogP contribution in [0.5, 0.6) is 5.75 Å². The summed E-state index contributed by atoms with van der Waals surface area (Å²) < 4.78 is 6.13. The van der Waals surface area contributed by atoms with E-state index in [9.17, 15) is 14.7 Å². The average Bonchev–Trinajstić information content (AvgIpc) is 3.33. The number of hydrogen-bond acceptors (Lipinski definition) is 4. The van der Waals surface area contributed by atoms with Gasteiger partial charge in [-0.3, -0.25) is 14.5 Å². The highest BCUT2D eigenvalue weighted by atomic mass is 16.5. The maximum atomic E-state index is 12.3.